The number of methoxy groups -OCH3 is 1. The molecule has 0 saturated carbocycles. The number of ether oxygens (including phenoxy) is 3. The maximum Gasteiger partial charge on any atom is 0.329 e. The largest absolute Gasteiger partial charge is 0.468 e. The maximum atomic E-state index is 13.5. The third kappa shape index (κ3) is 4.65. The van der Waals surface area contributed by atoms with Gasteiger partial charge in [-0.15, -0.1) is 0 Å². The molecule has 1 heterocycles. The second-order valence-corrected chi connectivity index (χ2v) is 8.69. The molecule has 8 nitrogen and oxygen atoms in total. The van der Waals surface area contributed by atoms with Crippen LogP contribution in [0.25, 0.3) is 0 Å². The van der Waals surface area contributed by atoms with E-state index in [-0.39, 0.29) is 12.5 Å². The van der Waals surface area contributed by atoms with E-state index in [4.69, 9.17) is 14.2 Å². The number of carbonyl (C=O) groups is 4. The Bertz CT molecular complexity index is 1030. The average Bonchev–Trinajstić information content (AvgIpc) is 2.84. The van der Waals surface area contributed by atoms with Crippen molar-refractivity contribution in [2.75, 3.05) is 13.7 Å². The van der Waals surface area contributed by atoms with Crippen LogP contribution in [0.4, 0.5) is 0 Å². The smallest absolute Gasteiger partial charge is 0.329 e. The molecule has 1 amide bonds. The number of esters is 3. The van der Waals surface area contributed by atoms with Crippen LogP contribution >= 0.6 is 0 Å². The molecule has 0 spiro atoms. The summed E-state index contributed by atoms with van der Waals surface area (Å²) in [5, 5.41) is 0. The zero-order chi connectivity index (χ0) is 25.8. The molecule has 1 aliphatic heterocycles. The molecule has 0 aromatic heterocycles. The van der Waals surface area contributed by atoms with Crippen molar-refractivity contribution in [3.8, 4) is 0 Å². The summed E-state index contributed by atoms with van der Waals surface area (Å²) in [6.45, 7) is 6.65. The van der Waals surface area contributed by atoms with Gasteiger partial charge in [0, 0.05) is 18.1 Å². The highest BCUT2D eigenvalue weighted by atomic mass is 16.6. The number of β-lactam (4-membered cyclic amide) rings is 1. The summed E-state index contributed by atoms with van der Waals surface area (Å²) in [5.41, 5.74) is -0.505. The first-order valence-electron chi connectivity index (χ1n) is 11.6. The highest BCUT2D eigenvalue weighted by molar-refractivity contribution is 6.06. The molecule has 2 aromatic carbocycles. The van der Waals surface area contributed by atoms with Crippen LogP contribution in [-0.2, 0) is 39.0 Å². The Balaban J connectivity index is 2.35. The second-order valence-electron chi connectivity index (χ2n) is 8.69. The van der Waals surface area contributed by atoms with Gasteiger partial charge in [-0.05, 0) is 12.8 Å². The van der Waals surface area contributed by atoms with E-state index in [9.17, 15) is 19.2 Å². The Labute approximate surface area is 205 Å². The molecule has 0 unspecified atom stereocenters. The summed E-state index contributed by atoms with van der Waals surface area (Å²) in [7, 11) is 1.19. The monoisotopic (exact) mass is 481 g/mol. The van der Waals surface area contributed by atoms with Crippen molar-refractivity contribution in [3.63, 3.8) is 0 Å². The van der Waals surface area contributed by atoms with E-state index in [0.717, 1.165) is 0 Å². The predicted molar refractivity (Wildman–Crippen MR) is 127 cm³/mol. The first kappa shape index (κ1) is 25.9. The summed E-state index contributed by atoms with van der Waals surface area (Å²) >= 11 is 0. The lowest BCUT2D eigenvalue weighted by molar-refractivity contribution is -0.206. The lowest BCUT2D eigenvalue weighted by Crippen LogP contribution is -2.75. The summed E-state index contributed by atoms with van der Waals surface area (Å²) in [4.78, 5) is 53.4. The zero-order valence-corrected chi connectivity index (χ0v) is 20.6. The van der Waals surface area contributed by atoms with Crippen molar-refractivity contribution >= 4 is 23.8 Å². The molecule has 0 bridgehead atoms. The van der Waals surface area contributed by atoms with E-state index in [0.29, 0.717) is 11.1 Å². The number of hydrogen-bond acceptors (Lipinski definition) is 7. The molecule has 8 heteroatoms. The van der Waals surface area contributed by atoms with Gasteiger partial charge >= 0.3 is 17.9 Å². The van der Waals surface area contributed by atoms with Crippen molar-refractivity contribution in [2.45, 2.75) is 45.4 Å². The summed E-state index contributed by atoms with van der Waals surface area (Å²) in [6, 6.07) is 15.7. The molecule has 0 aliphatic carbocycles. The molecule has 35 heavy (non-hydrogen) atoms. The maximum absolute atomic E-state index is 13.5. The Morgan fingerprint density at radius 1 is 0.971 bits per heavy atom. The van der Waals surface area contributed by atoms with Crippen molar-refractivity contribution in [1.29, 1.82) is 0 Å². The van der Waals surface area contributed by atoms with Gasteiger partial charge in [0.25, 0.3) is 0 Å². The van der Waals surface area contributed by atoms with Gasteiger partial charge in [0.1, 0.15) is 12.1 Å². The molecule has 1 aliphatic rings. The van der Waals surface area contributed by atoms with Gasteiger partial charge in [-0.3, -0.25) is 14.4 Å². The molecular formula is C27H31NO7. The Kier molecular flexibility index (Phi) is 7.94. The van der Waals surface area contributed by atoms with Gasteiger partial charge in [-0.2, -0.15) is 0 Å². The number of rotatable bonds is 9. The van der Waals surface area contributed by atoms with Gasteiger partial charge in [0.2, 0.25) is 5.91 Å². The molecule has 2 aromatic rings. The van der Waals surface area contributed by atoms with Gasteiger partial charge in [-0.25, -0.2) is 4.79 Å². The van der Waals surface area contributed by atoms with Crippen LogP contribution in [0.3, 0.4) is 0 Å². The molecule has 0 N–H and O–H groups in total. The number of benzene rings is 2. The van der Waals surface area contributed by atoms with Crippen LogP contribution in [0.2, 0.25) is 0 Å². The van der Waals surface area contributed by atoms with Crippen LogP contribution in [0.5, 0.6) is 0 Å². The predicted octanol–water partition coefficient (Wildman–Crippen LogP) is 3.08. The molecular weight excluding hydrogens is 450 g/mol. The fourth-order valence-electron chi connectivity index (χ4n) is 4.83. The van der Waals surface area contributed by atoms with Gasteiger partial charge in [0.05, 0.1) is 13.7 Å². The number of amides is 1. The molecule has 1 saturated heterocycles. The first-order chi connectivity index (χ1) is 16.7. The van der Waals surface area contributed by atoms with E-state index in [1.165, 1.54) is 18.9 Å². The van der Waals surface area contributed by atoms with Crippen molar-refractivity contribution in [3.05, 3.63) is 71.8 Å². The van der Waals surface area contributed by atoms with E-state index in [1.54, 1.807) is 69.3 Å². The number of nitrogens with zero attached hydrogens (tertiary/aromatic N) is 1. The summed E-state index contributed by atoms with van der Waals surface area (Å²) < 4.78 is 16.4. The molecule has 3 rings (SSSR count). The van der Waals surface area contributed by atoms with Crippen molar-refractivity contribution < 1.29 is 33.4 Å². The Morgan fingerprint density at radius 2 is 1.49 bits per heavy atom. The van der Waals surface area contributed by atoms with Gasteiger partial charge in [0.15, 0.2) is 11.5 Å². The van der Waals surface area contributed by atoms with Crippen LogP contribution in [-0.4, -0.2) is 54.5 Å². The zero-order valence-electron chi connectivity index (χ0n) is 20.6. The van der Waals surface area contributed by atoms with E-state index in [1.807, 2.05) is 12.1 Å². The van der Waals surface area contributed by atoms with E-state index in [2.05, 4.69) is 0 Å². The summed E-state index contributed by atoms with van der Waals surface area (Å²) in [6.07, 6.45) is 0. The lowest BCUT2D eigenvalue weighted by Gasteiger charge is -2.56. The third-order valence-electron chi connectivity index (χ3n) is 6.18. The normalized spacial score (nSPS) is 18.5. The number of hydrogen-bond donors (Lipinski definition) is 0. The Hall–Kier alpha value is -3.68. The molecule has 186 valence electrons. The van der Waals surface area contributed by atoms with Crippen LogP contribution in [0.1, 0.15) is 38.8 Å². The Morgan fingerprint density at radius 3 is 1.89 bits per heavy atom. The molecule has 0 radical (unpaired) electrons. The minimum Gasteiger partial charge on any atom is -0.468 e. The van der Waals surface area contributed by atoms with Gasteiger partial charge < -0.3 is 19.1 Å². The lowest BCUT2D eigenvalue weighted by atomic mass is 9.67. The fraction of sp³-hybridized carbons (Fsp3) is 0.407. The van der Waals surface area contributed by atoms with Crippen LogP contribution in [0, 0.1) is 11.8 Å². The number of carbonyl (C=O) groups excluding carboxylic acids is 4. The fourth-order valence-corrected chi connectivity index (χ4v) is 4.83. The van der Waals surface area contributed by atoms with Gasteiger partial charge in [-0.1, -0.05) is 74.5 Å². The van der Waals surface area contributed by atoms with Crippen LogP contribution in [0.15, 0.2) is 60.7 Å². The summed E-state index contributed by atoms with van der Waals surface area (Å²) in [5.74, 6) is -4.21. The van der Waals surface area contributed by atoms with Crippen molar-refractivity contribution in [1.82, 2.24) is 4.90 Å². The third-order valence-corrected chi connectivity index (χ3v) is 6.18. The quantitative estimate of drug-likeness (QED) is 0.235. The number of likely N-dealkylation sites (tertiary alicyclic amines) is 1. The van der Waals surface area contributed by atoms with E-state index < -0.39 is 47.4 Å². The average molecular weight is 482 g/mol. The minimum absolute atomic E-state index is 0.127. The first-order valence-corrected chi connectivity index (χ1v) is 11.6. The standard InChI is InChI=1S/C27H31NO7/c1-6-34-26(32)22(17(2)3)28-23(21(24(28)30)25(31)33-5)27(35-18(4)29,19-13-9-7-10-14-19)20-15-11-8-12-16-20/h7-17,21-23H,6H2,1-5H3/t21-,22+,23+/m1/s1. The van der Waals surface area contributed by atoms with Crippen LogP contribution < -0.4 is 0 Å². The van der Waals surface area contributed by atoms with E-state index >= 15 is 0 Å². The minimum atomic E-state index is -1.60. The highest BCUT2D eigenvalue weighted by Crippen LogP contribution is 2.49. The van der Waals surface area contributed by atoms with Crippen molar-refractivity contribution in [2.24, 2.45) is 11.8 Å². The molecule has 3 atom stereocenters. The SMILES string of the molecule is CCOC(=O)[C@H](C(C)C)N1C(=O)[C@H](C(=O)OC)[C@H]1C(OC(C)=O)(c1ccccc1)c1ccccc1. The second kappa shape index (κ2) is 10.7. The highest BCUT2D eigenvalue weighted by Gasteiger charge is 2.67. The topological polar surface area (TPSA) is 99.2 Å². The molecule has 1 fully saturated rings.